The lowest BCUT2D eigenvalue weighted by molar-refractivity contribution is 0.528. The predicted molar refractivity (Wildman–Crippen MR) is 68.2 cm³/mol. The third kappa shape index (κ3) is 1.99. The largest absolute Gasteiger partial charge is 0.348 e. The molecule has 1 N–H and O–H groups in total. The highest BCUT2D eigenvalue weighted by atomic mass is 15.4. The van der Waals surface area contributed by atoms with E-state index in [1.807, 2.05) is 16.8 Å². The Hall–Kier alpha value is -1.58. The third-order valence-corrected chi connectivity index (χ3v) is 3.61. The van der Waals surface area contributed by atoms with Crippen LogP contribution in [-0.2, 0) is 0 Å². The monoisotopic (exact) mass is 230 g/mol. The second-order valence-electron chi connectivity index (χ2n) is 5.34. The molecule has 0 saturated heterocycles. The molecule has 0 spiro atoms. The van der Waals surface area contributed by atoms with Crippen molar-refractivity contribution < 1.29 is 0 Å². The number of fused-ring (bicyclic) bond motifs is 1. The molecule has 0 amide bonds. The average molecular weight is 230 g/mol. The van der Waals surface area contributed by atoms with Crippen LogP contribution in [0, 0.1) is 6.92 Å². The highest BCUT2D eigenvalue weighted by molar-refractivity contribution is 5.46. The molecule has 17 heavy (non-hydrogen) atoms. The van der Waals surface area contributed by atoms with Gasteiger partial charge in [-0.3, -0.25) is 0 Å². The van der Waals surface area contributed by atoms with Gasteiger partial charge in [-0.1, -0.05) is 12.8 Å². The third-order valence-electron chi connectivity index (χ3n) is 3.61. The Morgan fingerprint density at radius 2 is 2.12 bits per heavy atom. The molecule has 0 bridgehead atoms. The van der Waals surface area contributed by atoms with Crippen molar-refractivity contribution in [2.75, 3.05) is 5.32 Å². The molecule has 2 aromatic rings. The van der Waals surface area contributed by atoms with Crippen LogP contribution in [-0.4, -0.2) is 20.1 Å². The van der Waals surface area contributed by atoms with Crippen LogP contribution >= 0.6 is 0 Å². The quantitative estimate of drug-likeness (QED) is 0.862. The number of nitrogens with zero attached hydrogens (tertiary/aromatic N) is 3. The van der Waals surface area contributed by atoms with Crippen LogP contribution in [0.3, 0.4) is 0 Å². The number of rotatable bonds is 2. The topological polar surface area (TPSA) is 42.2 Å². The molecule has 2 heterocycles. The van der Waals surface area contributed by atoms with Crippen LogP contribution in [0.1, 0.15) is 38.2 Å². The molecule has 0 aromatic carbocycles. The van der Waals surface area contributed by atoms with E-state index in [9.17, 15) is 0 Å². The fourth-order valence-electron chi connectivity index (χ4n) is 2.59. The van der Waals surface area contributed by atoms with Crippen LogP contribution in [0.25, 0.3) is 5.65 Å². The molecule has 1 fully saturated rings. The lowest BCUT2D eigenvalue weighted by atomic mass is 10.0. The van der Waals surface area contributed by atoms with Gasteiger partial charge in [-0.25, -0.2) is 4.52 Å². The minimum absolute atomic E-state index is 0.181. The Morgan fingerprint density at radius 3 is 2.88 bits per heavy atom. The van der Waals surface area contributed by atoms with Gasteiger partial charge in [0, 0.05) is 11.7 Å². The SMILES string of the molecule is Cc1ccn2nc(NC3(C)CCCC3)nc2c1. The number of hydrogen-bond acceptors (Lipinski definition) is 3. The maximum Gasteiger partial charge on any atom is 0.243 e. The van der Waals surface area contributed by atoms with Crippen molar-refractivity contribution in [3.63, 3.8) is 0 Å². The Kier molecular flexibility index (Phi) is 2.31. The first-order valence-electron chi connectivity index (χ1n) is 6.26. The Morgan fingerprint density at radius 1 is 1.35 bits per heavy atom. The van der Waals surface area contributed by atoms with E-state index in [1.54, 1.807) is 0 Å². The summed E-state index contributed by atoms with van der Waals surface area (Å²) in [6, 6.07) is 4.10. The van der Waals surface area contributed by atoms with Gasteiger partial charge in [-0.05, 0) is 44.4 Å². The van der Waals surface area contributed by atoms with Gasteiger partial charge in [0.15, 0.2) is 5.65 Å². The number of hydrogen-bond donors (Lipinski definition) is 1. The summed E-state index contributed by atoms with van der Waals surface area (Å²) in [6.07, 6.45) is 6.98. The van der Waals surface area contributed by atoms with E-state index >= 15 is 0 Å². The number of nitrogens with one attached hydrogen (secondary N) is 1. The highest BCUT2D eigenvalue weighted by Crippen LogP contribution is 2.31. The maximum absolute atomic E-state index is 4.52. The fourth-order valence-corrected chi connectivity index (χ4v) is 2.59. The van der Waals surface area contributed by atoms with E-state index in [0.29, 0.717) is 0 Å². The Balaban J connectivity index is 1.90. The molecule has 4 heteroatoms. The van der Waals surface area contributed by atoms with Crippen molar-refractivity contribution >= 4 is 11.6 Å². The maximum atomic E-state index is 4.52. The lowest BCUT2D eigenvalue weighted by Gasteiger charge is -2.23. The first kappa shape index (κ1) is 10.6. The molecule has 1 aliphatic rings. The van der Waals surface area contributed by atoms with E-state index in [1.165, 1.54) is 31.2 Å². The summed E-state index contributed by atoms with van der Waals surface area (Å²) >= 11 is 0. The van der Waals surface area contributed by atoms with Crippen molar-refractivity contribution in [3.8, 4) is 0 Å². The lowest BCUT2D eigenvalue weighted by Crippen LogP contribution is -2.31. The second kappa shape index (κ2) is 3.72. The number of aryl methyl sites for hydroxylation is 1. The zero-order valence-electron chi connectivity index (χ0n) is 10.4. The fraction of sp³-hybridized carbons (Fsp3) is 0.538. The minimum atomic E-state index is 0.181. The minimum Gasteiger partial charge on any atom is -0.348 e. The van der Waals surface area contributed by atoms with Gasteiger partial charge in [0.2, 0.25) is 5.95 Å². The molecular weight excluding hydrogens is 212 g/mol. The van der Waals surface area contributed by atoms with Gasteiger partial charge >= 0.3 is 0 Å². The summed E-state index contributed by atoms with van der Waals surface area (Å²) < 4.78 is 1.83. The van der Waals surface area contributed by atoms with Crippen molar-refractivity contribution in [3.05, 3.63) is 23.9 Å². The van der Waals surface area contributed by atoms with E-state index < -0.39 is 0 Å². The molecule has 2 aromatic heterocycles. The Bertz CT molecular complexity index is 537. The van der Waals surface area contributed by atoms with Crippen molar-refractivity contribution in [2.24, 2.45) is 0 Å². The summed E-state index contributed by atoms with van der Waals surface area (Å²) in [7, 11) is 0. The van der Waals surface area contributed by atoms with Gasteiger partial charge in [0.1, 0.15) is 0 Å². The molecule has 0 atom stereocenters. The van der Waals surface area contributed by atoms with Crippen LogP contribution < -0.4 is 5.32 Å². The molecule has 3 rings (SSSR count). The van der Waals surface area contributed by atoms with Crippen molar-refractivity contribution in [1.82, 2.24) is 14.6 Å². The molecule has 0 aliphatic heterocycles. The van der Waals surface area contributed by atoms with Crippen LogP contribution in [0.2, 0.25) is 0 Å². The molecule has 90 valence electrons. The molecule has 1 saturated carbocycles. The average Bonchev–Trinajstić information content (AvgIpc) is 2.84. The van der Waals surface area contributed by atoms with E-state index in [0.717, 1.165) is 11.6 Å². The normalized spacial score (nSPS) is 18.7. The zero-order chi connectivity index (χ0) is 11.9. The number of aromatic nitrogens is 3. The van der Waals surface area contributed by atoms with Crippen LogP contribution in [0.4, 0.5) is 5.95 Å². The van der Waals surface area contributed by atoms with E-state index in [2.05, 4.69) is 35.3 Å². The second-order valence-corrected chi connectivity index (χ2v) is 5.34. The molecule has 0 radical (unpaired) electrons. The summed E-state index contributed by atoms with van der Waals surface area (Å²) in [4.78, 5) is 4.52. The summed E-state index contributed by atoms with van der Waals surface area (Å²) in [5.74, 6) is 0.750. The zero-order valence-corrected chi connectivity index (χ0v) is 10.4. The Labute approximate surface area is 101 Å². The number of pyridine rings is 1. The summed E-state index contributed by atoms with van der Waals surface area (Å²) in [6.45, 7) is 4.33. The molecule has 1 aliphatic carbocycles. The standard InChI is InChI=1S/C13H18N4/c1-10-5-8-17-11(9-10)14-12(16-17)15-13(2)6-3-4-7-13/h5,8-9H,3-4,6-7H2,1-2H3,(H,15,16). The van der Waals surface area contributed by atoms with E-state index in [-0.39, 0.29) is 5.54 Å². The molecule has 0 unspecified atom stereocenters. The molecule has 4 nitrogen and oxygen atoms in total. The number of anilines is 1. The molecular formula is C13H18N4. The predicted octanol–water partition coefficient (Wildman–Crippen LogP) is 2.78. The summed E-state index contributed by atoms with van der Waals surface area (Å²) in [5.41, 5.74) is 2.30. The van der Waals surface area contributed by atoms with Gasteiger partial charge in [0.25, 0.3) is 0 Å². The first-order chi connectivity index (χ1) is 8.15. The van der Waals surface area contributed by atoms with Crippen LogP contribution in [0.5, 0.6) is 0 Å². The van der Waals surface area contributed by atoms with Gasteiger partial charge in [-0.2, -0.15) is 4.98 Å². The van der Waals surface area contributed by atoms with Crippen molar-refractivity contribution in [1.29, 1.82) is 0 Å². The first-order valence-corrected chi connectivity index (χ1v) is 6.26. The van der Waals surface area contributed by atoms with Gasteiger partial charge < -0.3 is 5.32 Å². The smallest absolute Gasteiger partial charge is 0.243 e. The van der Waals surface area contributed by atoms with Crippen LogP contribution in [0.15, 0.2) is 18.3 Å². The summed E-state index contributed by atoms with van der Waals surface area (Å²) in [5, 5.41) is 7.94. The van der Waals surface area contributed by atoms with Gasteiger partial charge in [0.05, 0.1) is 0 Å². The van der Waals surface area contributed by atoms with E-state index in [4.69, 9.17) is 0 Å². The highest BCUT2D eigenvalue weighted by Gasteiger charge is 2.29. The van der Waals surface area contributed by atoms with Crippen molar-refractivity contribution in [2.45, 2.75) is 45.1 Å². The van der Waals surface area contributed by atoms with Gasteiger partial charge in [-0.15, -0.1) is 5.10 Å².